The van der Waals surface area contributed by atoms with Crippen LogP contribution in [0.25, 0.3) is 0 Å². The maximum atomic E-state index is 10.7. The zero-order valence-electron chi connectivity index (χ0n) is 17.2. The minimum Gasteiger partial charge on any atom is -0.345 e. The second-order valence-electron chi connectivity index (χ2n) is 6.37. The van der Waals surface area contributed by atoms with Crippen molar-refractivity contribution in [3.05, 3.63) is 0 Å². The number of piperazine rings is 1. The van der Waals surface area contributed by atoms with Crippen LogP contribution in [0.3, 0.4) is 0 Å². The molecule has 5 nitrogen and oxygen atoms in total. The maximum Gasteiger partial charge on any atom is 0.209 e. The number of hydrogen-bond acceptors (Lipinski definition) is 4. The van der Waals surface area contributed by atoms with Crippen LogP contribution in [-0.2, 0) is 4.79 Å². The van der Waals surface area contributed by atoms with E-state index in [-0.39, 0.29) is 0 Å². The highest BCUT2D eigenvalue weighted by Gasteiger charge is 2.40. The number of likely N-dealkylation sites (tertiary alicyclic amines) is 1. The van der Waals surface area contributed by atoms with Gasteiger partial charge in [-0.25, -0.2) is 0 Å². The molecule has 0 aliphatic carbocycles. The molecule has 0 saturated carbocycles. The van der Waals surface area contributed by atoms with E-state index in [9.17, 15) is 4.79 Å². The van der Waals surface area contributed by atoms with E-state index in [0.717, 1.165) is 52.0 Å². The molecule has 1 spiro atoms. The van der Waals surface area contributed by atoms with Gasteiger partial charge in [0.2, 0.25) is 6.41 Å². The van der Waals surface area contributed by atoms with Gasteiger partial charge < -0.3 is 14.7 Å². The van der Waals surface area contributed by atoms with Crippen LogP contribution in [0.15, 0.2) is 0 Å². The van der Waals surface area contributed by atoms with Crippen LogP contribution in [0, 0.1) is 0 Å². The lowest BCUT2D eigenvalue weighted by atomic mass is 9.84. The number of carbonyl (C=O) groups excluding carboxylic acids is 1. The van der Waals surface area contributed by atoms with Crippen molar-refractivity contribution in [2.45, 2.75) is 46.1 Å². The first-order chi connectivity index (χ1) is 10.9. The molecule has 0 aromatic carbocycles. The highest BCUT2D eigenvalue weighted by atomic mass is 16.1. The minimum atomic E-state index is 0.326. The Balaban J connectivity index is 0. The van der Waals surface area contributed by atoms with Gasteiger partial charge in [-0.1, -0.05) is 27.7 Å². The number of hydrogen-bond donors (Lipinski definition) is 0. The molecule has 5 heteroatoms. The van der Waals surface area contributed by atoms with Gasteiger partial charge >= 0.3 is 0 Å². The average molecular weight is 331 g/mol. The third-order valence-corrected chi connectivity index (χ3v) is 4.07. The molecule has 1 amide bonds. The summed E-state index contributed by atoms with van der Waals surface area (Å²) < 4.78 is 0. The normalized spacial score (nSPS) is 20.5. The van der Waals surface area contributed by atoms with Crippen molar-refractivity contribution in [3.8, 4) is 0 Å². The van der Waals surface area contributed by atoms with Gasteiger partial charge in [-0.2, -0.15) is 0 Å². The molecule has 2 fully saturated rings. The van der Waals surface area contributed by atoms with E-state index in [1.165, 1.54) is 0 Å². The number of amides is 1. The molecule has 23 heavy (non-hydrogen) atoms. The van der Waals surface area contributed by atoms with E-state index in [1.54, 1.807) is 0 Å². The van der Waals surface area contributed by atoms with E-state index in [2.05, 4.69) is 23.9 Å². The fourth-order valence-electron chi connectivity index (χ4n) is 2.85. The van der Waals surface area contributed by atoms with E-state index in [0.29, 0.717) is 5.54 Å². The van der Waals surface area contributed by atoms with Gasteiger partial charge in [0.25, 0.3) is 0 Å². The van der Waals surface area contributed by atoms with Crippen LogP contribution >= 0.6 is 0 Å². The zero-order chi connectivity index (χ0) is 18.5. The van der Waals surface area contributed by atoms with Crippen molar-refractivity contribution in [2.75, 3.05) is 68.0 Å². The highest BCUT2D eigenvalue weighted by molar-refractivity contribution is 5.47. The molecule has 2 saturated heterocycles. The molecule has 0 bridgehead atoms. The molecular formula is C18H42N4O. The third-order valence-electron chi connectivity index (χ3n) is 4.07. The first kappa shape index (κ1) is 24.6. The topological polar surface area (TPSA) is 30.0 Å². The van der Waals surface area contributed by atoms with Crippen LogP contribution in [0.4, 0.5) is 0 Å². The largest absolute Gasteiger partial charge is 0.345 e. The van der Waals surface area contributed by atoms with E-state index < -0.39 is 0 Å². The van der Waals surface area contributed by atoms with Gasteiger partial charge in [-0.15, -0.1) is 0 Å². The lowest BCUT2D eigenvalue weighted by molar-refractivity contribution is -0.121. The number of rotatable bonds is 1. The molecule has 2 rings (SSSR count). The predicted octanol–water partition coefficient (Wildman–Crippen LogP) is 2.08. The number of piperidine rings is 1. The summed E-state index contributed by atoms with van der Waals surface area (Å²) in [6, 6.07) is 0. The summed E-state index contributed by atoms with van der Waals surface area (Å²) in [5.74, 6) is 0. The second-order valence-corrected chi connectivity index (χ2v) is 6.37. The van der Waals surface area contributed by atoms with E-state index in [4.69, 9.17) is 0 Å². The highest BCUT2D eigenvalue weighted by Crippen LogP contribution is 2.30. The molecule has 2 heterocycles. The van der Waals surface area contributed by atoms with Crippen LogP contribution in [0.1, 0.15) is 40.5 Å². The molecule has 0 N–H and O–H groups in total. The summed E-state index contributed by atoms with van der Waals surface area (Å²) in [5.41, 5.74) is 0.326. The number of nitrogens with zero attached hydrogens (tertiary/aromatic N) is 4. The van der Waals surface area contributed by atoms with Gasteiger partial charge in [0, 0.05) is 38.3 Å². The van der Waals surface area contributed by atoms with E-state index in [1.807, 2.05) is 58.6 Å². The lowest BCUT2D eigenvalue weighted by Gasteiger charge is -2.52. The maximum absolute atomic E-state index is 10.7. The van der Waals surface area contributed by atoms with Crippen molar-refractivity contribution in [1.29, 1.82) is 0 Å². The Morgan fingerprint density at radius 3 is 1.70 bits per heavy atom. The minimum absolute atomic E-state index is 0.326. The summed E-state index contributed by atoms with van der Waals surface area (Å²) in [6.45, 7) is 13.3. The molecule has 2 aliphatic rings. The van der Waals surface area contributed by atoms with Crippen molar-refractivity contribution < 1.29 is 4.79 Å². The van der Waals surface area contributed by atoms with Crippen molar-refractivity contribution in [2.24, 2.45) is 0 Å². The van der Waals surface area contributed by atoms with Crippen LogP contribution < -0.4 is 0 Å². The first-order valence-corrected chi connectivity index (χ1v) is 9.10. The summed E-state index contributed by atoms with van der Waals surface area (Å²) in [7, 11) is 10.4. The number of likely N-dealkylation sites (N-methyl/N-ethyl adjacent to an activating group) is 2. The molecule has 0 atom stereocenters. The molecule has 140 valence electrons. The quantitative estimate of drug-likeness (QED) is 0.689. The molecule has 0 radical (unpaired) electrons. The first-order valence-electron chi connectivity index (χ1n) is 9.10. The van der Waals surface area contributed by atoms with Crippen molar-refractivity contribution in [1.82, 2.24) is 19.6 Å². The predicted molar refractivity (Wildman–Crippen MR) is 102 cm³/mol. The zero-order valence-corrected chi connectivity index (χ0v) is 17.2. The van der Waals surface area contributed by atoms with Crippen molar-refractivity contribution >= 4 is 6.41 Å². The van der Waals surface area contributed by atoms with Gasteiger partial charge in [0.1, 0.15) is 0 Å². The lowest BCUT2D eigenvalue weighted by Crippen LogP contribution is -2.63. The SMILES string of the molecule is CC.CC.CN(C)C.CN1CCN(C)C2(CCN(C=O)CC2)C1. The standard InChI is InChI=1S/C11H21N3O.C3H9N.2C2H6/c1-12-7-8-13(2)11(9-12)3-5-14(10-15)6-4-11;1-4(2)3;2*1-2/h10H,3-9H2,1-2H3;1-3H3;2*1-2H3. The summed E-state index contributed by atoms with van der Waals surface area (Å²) in [4.78, 5) is 19.5. The van der Waals surface area contributed by atoms with E-state index >= 15 is 0 Å². The Morgan fingerprint density at radius 2 is 1.30 bits per heavy atom. The fourth-order valence-corrected chi connectivity index (χ4v) is 2.85. The van der Waals surface area contributed by atoms with Crippen LogP contribution in [0.2, 0.25) is 0 Å². The summed E-state index contributed by atoms with van der Waals surface area (Å²) in [5, 5.41) is 0. The summed E-state index contributed by atoms with van der Waals surface area (Å²) in [6.07, 6.45) is 3.22. The Kier molecular flexibility index (Phi) is 14.7. The molecule has 2 aliphatic heterocycles. The average Bonchev–Trinajstić information content (AvgIpc) is 2.55. The Morgan fingerprint density at radius 1 is 0.870 bits per heavy atom. The van der Waals surface area contributed by atoms with Gasteiger partial charge in [-0.05, 0) is 48.1 Å². The second kappa shape index (κ2) is 13.8. The Labute approximate surface area is 145 Å². The van der Waals surface area contributed by atoms with Crippen molar-refractivity contribution in [3.63, 3.8) is 0 Å². The monoisotopic (exact) mass is 330 g/mol. The molecular weight excluding hydrogens is 288 g/mol. The van der Waals surface area contributed by atoms with Gasteiger partial charge in [0.05, 0.1) is 0 Å². The molecule has 0 unspecified atom stereocenters. The number of carbonyl (C=O) groups is 1. The van der Waals surface area contributed by atoms with Gasteiger partial charge in [-0.3, -0.25) is 9.69 Å². The Bertz CT molecular complexity index is 273. The molecule has 0 aromatic heterocycles. The van der Waals surface area contributed by atoms with Crippen LogP contribution in [-0.4, -0.2) is 99.5 Å². The summed E-state index contributed by atoms with van der Waals surface area (Å²) >= 11 is 0. The molecule has 0 aromatic rings. The smallest absolute Gasteiger partial charge is 0.209 e. The van der Waals surface area contributed by atoms with Crippen LogP contribution in [0.5, 0.6) is 0 Å². The Hall–Kier alpha value is -0.650. The third kappa shape index (κ3) is 9.28. The fraction of sp³-hybridized carbons (Fsp3) is 0.944. The van der Waals surface area contributed by atoms with Gasteiger partial charge in [0.15, 0.2) is 0 Å².